The predicted molar refractivity (Wildman–Crippen MR) is 109 cm³/mol. The van der Waals surface area contributed by atoms with Crippen molar-refractivity contribution in [2.75, 3.05) is 49.6 Å². The molecule has 1 aromatic carbocycles. The Morgan fingerprint density at radius 3 is 2.45 bits per heavy atom. The van der Waals surface area contributed by atoms with Crippen molar-refractivity contribution >= 4 is 15.7 Å². The van der Waals surface area contributed by atoms with Crippen molar-refractivity contribution in [1.29, 1.82) is 0 Å². The third-order valence-electron chi connectivity index (χ3n) is 4.76. The van der Waals surface area contributed by atoms with Gasteiger partial charge in [-0.25, -0.2) is 13.4 Å². The van der Waals surface area contributed by atoms with E-state index in [1.165, 1.54) is 6.26 Å². The molecule has 0 saturated carbocycles. The third kappa shape index (κ3) is 4.96. The Hall–Kier alpha value is -2.85. The molecule has 0 spiro atoms. The standard InChI is InChI=1S/C19H22N6O3S/c1-29(26,27)12-11-24-7-9-25(10-8-24)17-14-20-13-16(21-17)19-23-22-18(28-19)15-5-3-2-4-6-15/h2-6,13-14H,7-12H2,1H3. The van der Waals surface area contributed by atoms with E-state index in [4.69, 9.17) is 4.42 Å². The Balaban J connectivity index is 1.43. The van der Waals surface area contributed by atoms with Gasteiger partial charge >= 0.3 is 0 Å². The van der Waals surface area contributed by atoms with Crippen LogP contribution in [-0.4, -0.2) is 78.2 Å². The fourth-order valence-electron chi connectivity index (χ4n) is 3.13. The molecular formula is C19H22N6O3S. The van der Waals surface area contributed by atoms with Crippen molar-refractivity contribution in [3.8, 4) is 23.0 Å². The maximum Gasteiger partial charge on any atom is 0.268 e. The van der Waals surface area contributed by atoms with E-state index in [2.05, 4.69) is 30.0 Å². The van der Waals surface area contributed by atoms with Crippen LogP contribution in [0.5, 0.6) is 0 Å². The molecule has 0 radical (unpaired) electrons. The molecule has 4 rings (SSSR count). The van der Waals surface area contributed by atoms with Crippen LogP contribution in [0.4, 0.5) is 5.82 Å². The number of benzene rings is 1. The van der Waals surface area contributed by atoms with Crippen molar-refractivity contribution in [1.82, 2.24) is 25.1 Å². The summed E-state index contributed by atoms with van der Waals surface area (Å²) in [5.74, 6) is 1.69. The normalized spacial score (nSPS) is 15.6. The second kappa shape index (κ2) is 8.26. The summed E-state index contributed by atoms with van der Waals surface area (Å²) in [6, 6.07) is 9.56. The van der Waals surface area contributed by atoms with Crippen molar-refractivity contribution in [2.24, 2.45) is 0 Å². The number of anilines is 1. The minimum absolute atomic E-state index is 0.184. The Kier molecular flexibility index (Phi) is 5.54. The van der Waals surface area contributed by atoms with Crippen LogP contribution < -0.4 is 4.90 Å². The third-order valence-corrected chi connectivity index (χ3v) is 5.69. The summed E-state index contributed by atoms with van der Waals surface area (Å²) in [6.45, 7) is 3.62. The largest absolute Gasteiger partial charge is 0.415 e. The Morgan fingerprint density at radius 1 is 1.00 bits per heavy atom. The van der Waals surface area contributed by atoms with Gasteiger partial charge in [-0.3, -0.25) is 9.88 Å². The molecule has 0 amide bonds. The molecule has 0 unspecified atom stereocenters. The molecule has 0 bridgehead atoms. The number of sulfone groups is 1. The number of hydrogen-bond donors (Lipinski definition) is 0. The highest BCUT2D eigenvalue weighted by Gasteiger charge is 2.20. The summed E-state index contributed by atoms with van der Waals surface area (Å²) < 4.78 is 28.5. The van der Waals surface area contributed by atoms with E-state index < -0.39 is 9.84 Å². The number of rotatable bonds is 6. The molecular weight excluding hydrogens is 392 g/mol. The van der Waals surface area contributed by atoms with E-state index >= 15 is 0 Å². The van der Waals surface area contributed by atoms with E-state index in [-0.39, 0.29) is 5.75 Å². The van der Waals surface area contributed by atoms with Crippen LogP contribution in [0.1, 0.15) is 0 Å². The number of piperazine rings is 1. The lowest BCUT2D eigenvalue weighted by atomic mass is 10.2. The Morgan fingerprint density at radius 2 is 1.72 bits per heavy atom. The molecule has 3 aromatic rings. The first-order valence-corrected chi connectivity index (χ1v) is 11.4. The highest BCUT2D eigenvalue weighted by molar-refractivity contribution is 7.90. The SMILES string of the molecule is CS(=O)(=O)CCN1CCN(c2cncc(-c3nnc(-c4ccccc4)o3)n2)CC1. The lowest BCUT2D eigenvalue weighted by molar-refractivity contribution is 0.271. The molecule has 9 nitrogen and oxygen atoms in total. The zero-order valence-electron chi connectivity index (χ0n) is 16.1. The minimum Gasteiger partial charge on any atom is -0.415 e. The number of hydrogen-bond acceptors (Lipinski definition) is 9. The van der Waals surface area contributed by atoms with Crippen LogP contribution in [0.2, 0.25) is 0 Å². The zero-order valence-corrected chi connectivity index (χ0v) is 16.9. The van der Waals surface area contributed by atoms with E-state index in [9.17, 15) is 8.42 Å². The van der Waals surface area contributed by atoms with Crippen LogP contribution in [-0.2, 0) is 9.84 Å². The first-order valence-electron chi connectivity index (χ1n) is 9.34. The average Bonchev–Trinajstić information content (AvgIpc) is 3.23. The highest BCUT2D eigenvalue weighted by Crippen LogP contribution is 2.23. The smallest absolute Gasteiger partial charge is 0.268 e. The molecule has 1 fully saturated rings. The molecule has 0 atom stereocenters. The summed E-state index contributed by atoms with van der Waals surface area (Å²) in [5, 5.41) is 8.21. The summed E-state index contributed by atoms with van der Waals surface area (Å²) >= 11 is 0. The van der Waals surface area contributed by atoms with Gasteiger partial charge in [-0.15, -0.1) is 10.2 Å². The van der Waals surface area contributed by atoms with Crippen LogP contribution in [0.15, 0.2) is 47.1 Å². The van der Waals surface area contributed by atoms with E-state index in [1.807, 2.05) is 30.3 Å². The molecule has 152 valence electrons. The maximum atomic E-state index is 11.3. The average molecular weight is 414 g/mol. The van der Waals surface area contributed by atoms with E-state index in [0.717, 1.165) is 37.6 Å². The van der Waals surface area contributed by atoms with Gasteiger partial charge < -0.3 is 9.32 Å². The lowest BCUT2D eigenvalue weighted by Crippen LogP contribution is -2.47. The van der Waals surface area contributed by atoms with Crippen LogP contribution in [0.25, 0.3) is 23.0 Å². The Labute approximate surface area is 169 Å². The van der Waals surface area contributed by atoms with Gasteiger partial charge in [0.05, 0.1) is 18.1 Å². The summed E-state index contributed by atoms with van der Waals surface area (Å²) in [4.78, 5) is 13.2. The van der Waals surface area contributed by atoms with Crippen LogP contribution >= 0.6 is 0 Å². The second-order valence-electron chi connectivity index (χ2n) is 7.00. The fraction of sp³-hybridized carbons (Fsp3) is 0.368. The highest BCUT2D eigenvalue weighted by atomic mass is 32.2. The first kappa shape index (κ1) is 19.5. The monoisotopic (exact) mass is 414 g/mol. The molecule has 2 aromatic heterocycles. The molecule has 1 saturated heterocycles. The van der Waals surface area contributed by atoms with Crippen molar-refractivity contribution in [3.63, 3.8) is 0 Å². The van der Waals surface area contributed by atoms with Crippen LogP contribution in [0, 0.1) is 0 Å². The number of nitrogens with zero attached hydrogens (tertiary/aromatic N) is 6. The van der Waals surface area contributed by atoms with Gasteiger partial charge in [0, 0.05) is 44.5 Å². The summed E-state index contributed by atoms with van der Waals surface area (Å²) in [5.41, 5.74) is 1.37. The van der Waals surface area contributed by atoms with Crippen molar-refractivity contribution in [2.45, 2.75) is 0 Å². The van der Waals surface area contributed by atoms with E-state index in [0.29, 0.717) is 24.0 Å². The minimum atomic E-state index is -2.94. The fourth-order valence-corrected chi connectivity index (χ4v) is 3.72. The second-order valence-corrected chi connectivity index (χ2v) is 9.26. The van der Waals surface area contributed by atoms with Crippen molar-refractivity contribution in [3.05, 3.63) is 42.7 Å². The number of aromatic nitrogens is 4. The summed E-state index contributed by atoms with van der Waals surface area (Å²) in [6.07, 6.45) is 4.59. The van der Waals surface area contributed by atoms with Gasteiger partial charge in [-0.1, -0.05) is 18.2 Å². The van der Waals surface area contributed by atoms with Gasteiger partial charge in [0.1, 0.15) is 21.3 Å². The lowest BCUT2D eigenvalue weighted by Gasteiger charge is -2.35. The topological polar surface area (TPSA) is 105 Å². The summed E-state index contributed by atoms with van der Waals surface area (Å²) in [7, 11) is -2.94. The molecule has 10 heteroatoms. The maximum absolute atomic E-state index is 11.3. The quantitative estimate of drug-likeness (QED) is 0.591. The van der Waals surface area contributed by atoms with Gasteiger partial charge in [0.25, 0.3) is 5.89 Å². The molecule has 0 N–H and O–H groups in total. The van der Waals surface area contributed by atoms with Gasteiger partial charge in [-0.05, 0) is 12.1 Å². The van der Waals surface area contributed by atoms with Crippen LogP contribution in [0.3, 0.4) is 0 Å². The predicted octanol–water partition coefficient (Wildman–Crippen LogP) is 1.36. The van der Waals surface area contributed by atoms with E-state index in [1.54, 1.807) is 12.4 Å². The van der Waals surface area contributed by atoms with Gasteiger partial charge in [-0.2, -0.15) is 0 Å². The van der Waals surface area contributed by atoms with Crippen molar-refractivity contribution < 1.29 is 12.8 Å². The molecule has 3 heterocycles. The molecule has 1 aliphatic heterocycles. The molecule has 29 heavy (non-hydrogen) atoms. The molecule has 0 aliphatic carbocycles. The Bertz CT molecular complexity index is 1060. The molecule has 1 aliphatic rings. The first-order chi connectivity index (χ1) is 14.0. The van der Waals surface area contributed by atoms with Gasteiger partial charge in [0.15, 0.2) is 0 Å². The zero-order chi connectivity index (χ0) is 20.3. The van der Waals surface area contributed by atoms with Gasteiger partial charge in [0.2, 0.25) is 5.89 Å².